The van der Waals surface area contributed by atoms with E-state index in [1.54, 1.807) is 0 Å². The lowest BCUT2D eigenvalue weighted by Crippen LogP contribution is -2.11. The van der Waals surface area contributed by atoms with Crippen LogP contribution in [0.3, 0.4) is 0 Å². The largest absolute Gasteiger partial charge is 0.416 e. The fourth-order valence-corrected chi connectivity index (χ4v) is 1.56. The van der Waals surface area contributed by atoms with E-state index in [4.69, 9.17) is 0 Å². The Kier molecular flexibility index (Phi) is 4.06. The van der Waals surface area contributed by atoms with Gasteiger partial charge in [0.15, 0.2) is 0 Å². The van der Waals surface area contributed by atoms with Crippen molar-refractivity contribution in [2.45, 2.75) is 19.5 Å². The molecule has 1 aromatic rings. The Hall–Kier alpha value is -2.52. The molecule has 0 spiro atoms. The molecule has 0 aliphatic carbocycles. The summed E-state index contributed by atoms with van der Waals surface area (Å²) in [6.07, 6.45) is -5.66. The van der Waals surface area contributed by atoms with Crippen LogP contribution in [0.4, 0.5) is 24.5 Å². The van der Waals surface area contributed by atoms with Crippen LogP contribution < -0.4 is 0 Å². The fourth-order valence-electron chi connectivity index (χ4n) is 1.56. The van der Waals surface area contributed by atoms with E-state index in [0.29, 0.717) is 0 Å². The van der Waals surface area contributed by atoms with Gasteiger partial charge in [-0.05, 0) is 6.92 Å². The minimum Gasteiger partial charge on any atom is -0.300 e. The van der Waals surface area contributed by atoms with Crippen molar-refractivity contribution in [3.05, 3.63) is 43.5 Å². The summed E-state index contributed by atoms with van der Waals surface area (Å²) in [6.45, 7) is 1.02. The summed E-state index contributed by atoms with van der Waals surface area (Å²) in [7, 11) is 0. The second-order valence-corrected chi connectivity index (χ2v) is 3.88. The number of nitro benzene ring substituents is 2. The number of ketones is 1. The number of Topliss-reactive ketones (excluding diaryl/α,β-unsaturated/α-hetero) is 1. The highest BCUT2D eigenvalue weighted by molar-refractivity contribution is 5.81. The van der Waals surface area contributed by atoms with Crippen LogP contribution >= 0.6 is 0 Å². The van der Waals surface area contributed by atoms with Gasteiger partial charge in [-0.2, -0.15) is 13.2 Å². The third-order valence-corrected chi connectivity index (χ3v) is 2.35. The van der Waals surface area contributed by atoms with Crippen LogP contribution in [0.2, 0.25) is 0 Å². The van der Waals surface area contributed by atoms with Crippen molar-refractivity contribution in [2.75, 3.05) is 0 Å². The lowest BCUT2D eigenvalue weighted by atomic mass is 10.0. The molecule has 0 aromatic heterocycles. The highest BCUT2D eigenvalue weighted by atomic mass is 19.4. The number of hydrogen-bond acceptors (Lipinski definition) is 5. The van der Waals surface area contributed by atoms with E-state index in [-0.39, 0.29) is 12.1 Å². The van der Waals surface area contributed by atoms with E-state index < -0.39 is 50.7 Å². The molecule has 20 heavy (non-hydrogen) atoms. The lowest BCUT2D eigenvalue weighted by Gasteiger charge is -2.09. The summed E-state index contributed by atoms with van der Waals surface area (Å²) in [5, 5.41) is 21.5. The molecule has 1 rings (SSSR count). The molecule has 0 aliphatic rings. The summed E-state index contributed by atoms with van der Waals surface area (Å²) < 4.78 is 37.7. The van der Waals surface area contributed by atoms with E-state index in [2.05, 4.69) is 0 Å². The van der Waals surface area contributed by atoms with E-state index in [1.807, 2.05) is 0 Å². The highest BCUT2D eigenvalue weighted by Crippen LogP contribution is 2.38. The van der Waals surface area contributed by atoms with Crippen molar-refractivity contribution < 1.29 is 27.8 Å². The zero-order chi connectivity index (χ0) is 15.7. The Morgan fingerprint density at radius 1 is 1.15 bits per heavy atom. The average molecular weight is 292 g/mol. The normalized spacial score (nSPS) is 11.2. The maximum absolute atomic E-state index is 12.6. The number of carbonyl (C=O) groups excluding carboxylic acids is 1. The topological polar surface area (TPSA) is 103 Å². The summed E-state index contributed by atoms with van der Waals surface area (Å²) in [5.41, 5.74) is -4.34. The molecule has 0 unspecified atom stereocenters. The van der Waals surface area contributed by atoms with Crippen molar-refractivity contribution in [3.8, 4) is 0 Å². The first kappa shape index (κ1) is 15.5. The van der Waals surface area contributed by atoms with Gasteiger partial charge in [-0.3, -0.25) is 25.0 Å². The molecule has 0 fully saturated rings. The first-order valence-corrected chi connectivity index (χ1v) is 5.06. The molecule has 108 valence electrons. The van der Waals surface area contributed by atoms with E-state index >= 15 is 0 Å². The minimum absolute atomic E-state index is 0.186. The van der Waals surface area contributed by atoms with Gasteiger partial charge in [-0.15, -0.1) is 0 Å². The molecule has 0 aliphatic heterocycles. The van der Waals surface area contributed by atoms with E-state index in [1.165, 1.54) is 0 Å². The van der Waals surface area contributed by atoms with Crippen LogP contribution in [0.1, 0.15) is 18.1 Å². The van der Waals surface area contributed by atoms with Crippen molar-refractivity contribution >= 4 is 17.2 Å². The summed E-state index contributed by atoms with van der Waals surface area (Å²) in [6, 6.07) is 0.372. The second-order valence-electron chi connectivity index (χ2n) is 3.88. The molecular weight excluding hydrogens is 285 g/mol. The molecule has 0 heterocycles. The van der Waals surface area contributed by atoms with Crippen molar-refractivity contribution in [1.82, 2.24) is 0 Å². The first-order valence-electron chi connectivity index (χ1n) is 5.06. The van der Waals surface area contributed by atoms with Gasteiger partial charge in [0.1, 0.15) is 11.3 Å². The van der Waals surface area contributed by atoms with Gasteiger partial charge >= 0.3 is 6.18 Å². The third kappa shape index (κ3) is 3.28. The summed E-state index contributed by atoms with van der Waals surface area (Å²) >= 11 is 0. The molecule has 0 amide bonds. The van der Waals surface area contributed by atoms with Gasteiger partial charge in [-0.25, -0.2) is 0 Å². The second kappa shape index (κ2) is 5.23. The molecule has 10 heteroatoms. The molecule has 0 N–H and O–H groups in total. The zero-order valence-corrected chi connectivity index (χ0v) is 9.93. The van der Waals surface area contributed by atoms with Crippen LogP contribution in [0.15, 0.2) is 12.1 Å². The van der Waals surface area contributed by atoms with Gasteiger partial charge in [0, 0.05) is 18.6 Å². The van der Waals surface area contributed by atoms with Crippen LogP contribution in [0, 0.1) is 20.2 Å². The molecule has 7 nitrogen and oxygen atoms in total. The average Bonchev–Trinajstić information content (AvgIpc) is 2.25. The Morgan fingerprint density at radius 2 is 1.55 bits per heavy atom. The molecule has 1 aromatic carbocycles. The van der Waals surface area contributed by atoms with Gasteiger partial charge < -0.3 is 0 Å². The Morgan fingerprint density at radius 3 is 1.80 bits per heavy atom. The Labute approximate surface area is 109 Å². The number of nitro groups is 2. The maximum Gasteiger partial charge on any atom is 0.416 e. The predicted molar refractivity (Wildman–Crippen MR) is 59.1 cm³/mol. The quantitative estimate of drug-likeness (QED) is 0.626. The third-order valence-electron chi connectivity index (χ3n) is 2.35. The van der Waals surface area contributed by atoms with Crippen LogP contribution in [-0.4, -0.2) is 15.6 Å². The smallest absolute Gasteiger partial charge is 0.300 e. The van der Waals surface area contributed by atoms with Crippen molar-refractivity contribution in [2.24, 2.45) is 0 Å². The monoisotopic (exact) mass is 292 g/mol. The predicted octanol–water partition coefficient (Wildman–Crippen LogP) is 2.65. The van der Waals surface area contributed by atoms with Crippen molar-refractivity contribution in [1.29, 1.82) is 0 Å². The first-order chi connectivity index (χ1) is 9.04. The van der Waals surface area contributed by atoms with Gasteiger partial charge in [-0.1, -0.05) is 0 Å². The number of alkyl halides is 3. The minimum atomic E-state index is -4.97. The number of halogens is 3. The van der Waals surface area contributed by atoms with Gasteiger partial charge in [0.2, 0.25) is 0 Å². The molecule has 0 radical (unpaired) electrons. The highest BCUT2D eigenvalue weighted by Gasteiger charge is 2.37. The summed E-state index contributed by atoms with van der Waals surface area (Å²) in [5.74, 6) is -0.643. The molecular formula is C10H7F3N2O5. The maximum atomic E-state index is 12.6. The number of rotatable bonds is 4. The molecule has 0 atom stereocenters. The Bertz CT molecular complexity index is 562. The van der Waals surface area contributed by atoms with E-state index in [0.717, 1.165) is 6.92 Å². The molecule has 0 saturated heterocycles. The van der Waals surface area contributed by atoms with Gasteiger partial charge in [0.25, 0.3) is 11.4 Å². The zero-order valence-electron chi connectivity index (χ0n) is 9.93. The fraction of sp³-hybridized carbons (Fsp3) is 0.300. The summed E-state index contributed by atoms with van der Waals surface area (Å²) in [4.78, 5) is 30.1. The number of hydrogen-bond donors (Lipinski definition) is 0. The molecule has 0 saturated carbocycles. The van der Waals surface area contributed by atoms with E-state index in [9.17, 15) is 38.2 Å². The number of benzene rings is 1. The SMILES string of the molecule is CC(=O)Cc1c([N+](=O)[O-])cc(C(F)(F)F)cc1[N+](=O)[O-]. The van der Waals surface area contributed by atoms with Crippen LogP contribution in [0.25, 0.3) is 0 Å². The van der Waals surface area contributed by atoms with Crippen molar-refractivity contribution in [3.63, 3.8) is 0 Å². The van der Waals surface area contributed by atoms with Gasteiger partial charge in [0.05, 0.1) is 15.4 Å². The molecule has 0 bridgehead atoms. The lowest BCUT2D eigenvalue weighted by molar-refractivity contribution is -0.395. The number of carbonyl (C=O) groups is 1. The standard InChI is InChI=1S/C10H7F3N2O5/c1-5(16)2-7-8(14(17)18)3-6(10(11,12)13)4-9(7)15(19)20/h3-4H,2H2,1H3. The number of nitrogens with zero attached hydrogens (tertiary/aromatic N) is 2. The Balaban J connectivity index is 3.67. The van der Waals surface area contributed by atoms with Crippen LogP contribution in [-0.2, 0) is 17.4 Å². The van der Waals surface area contributed by atoms with Crippen LogP contribution in [0.5, 0.6) is 0 Å².